The Bertz CT molecular complexity index is 503. The predicted octanol–water partition coefficient (Wildman–Crippen LogP) is 0.0792. The van der Waals surface area contributed by atoms with Crippen molar-refractivity contribution >= 4 is 21.7 Å². The third-order valence-corrected chi connectivity index (χ3v) is 5.88. The van der Waals surface area contributed by atoms with E-state index in [1.807, 2.05) is 6.92 Å². The van der Waals surface area contributed by atoms with Gasteiger partial charge in [0.2, 0.25) is 11.8 Å². The molecule has 20 heavy (non-hydrogen) atoms. The molecule has 7 heteroatoms. The topological polar surface area (TPSA) is 83.6 Å². The Kier molecular flexibility index (Phi) is 4.36. The second kappa shape index (κ2) is 5.71. The Morgan fingerprint density at radius 3 is 2.65 bits per heavy atom. The predicted molar refractivity (Wildman–Crippen MR) is 74.8 cm³/mol. The molecule has 0 radical (unpaired) electrons. The number of sulfone groups is 1. The fraction of sp³-hybridized carbons (Fsp3) is 0.846. The van der Waals surface area contributed by atoms with Crippen LogP contribution in [0.4, 0.5) is 0 Å². The average Bonchev–Trinajstić information content (AvgIpc) is 2.35. The molecular formula is C13H22N2O4S. The first-order valence-electron chi connectivity index (χ1n) is 7.18. The van der Waals surface area contributed by atoms with Gasteiger partial charge in [-0.2, -0.15) is 0 Å². The first-order valence-corrected chi connectivity index (χ1v) is 9.01. The number of piperazine rings is 1. The zero-order chi connectivity index (χ0) is 14.9. The third kappa shape index (κ3) is 2.97. The molecule has 3 atom stereocenters. The van der Waals surface area contributed by atoms with E-state index < -0.39 is 21.9 Å². The fourth-order valence-electron chi connectivity index (χ4n) is 3.05. The van der Waals surface area contributed by atoms with Gasteiger partial charge in [0.1, 0.15) is 12.1 Å². The molecule has 2 aliphatic heterocycles. The molecule has 2 rings (SSSR count). The lowest BCUT2D eigenvalue weighted by atomic mass is 10.0. The van der Waals surface area contributed by atoms with Gasteiger partial charge in [-0.05, 0) is 26.2 Å². The summed E-state index contributed by atoms with van der Waals surface area (Å²) in [7, 11) is -3.10. The van der Waals surface area contributed by atoms with Gasteiger partial charge in [-0.15, -0.1) is 0 Å². The van der Waals surface area contributed by atoms with E-state index >= 15 is 0 Å². The van der Waals surface area contributed by atoms with Crippen molar-refractivity contribution in [3.8, 4) is 0 Å². The highest BCUT2D eigenvalue weighted by atomic mass is 32.2. The third-order valence-electron chi connectivity index (χ3n) is 4.08. The molecule has 114 valence electrons. The highest BCUT2D eigenvalue weighted by molar-refractivity contribution is 7.91. The largest absolute Gasteiger partial charge is 0.343 e. The van der Waals surface area contributed by atoms with Crippen LogP contribution in [0.15, 0.2) is 0 Å². The van der Waals surface area contributed by atoms with Crippen molar-refractivity contribution in [2.45, 2.75) is 57.7 Å². The molecule has 0 aromatic rings. The fourth-order valence-corrected chi connectivity index (χ4v) is 4.74. The van der Waals surface area contributed by atoms with Gasteiger partial charge in [0.05, 0.1) is 11.5 Å². The maximum atomic E-state index is 12.5. The number of amides is 2. The SMILES string of the molecule is CCCC1NC(=O)C(C)N(C2CCCS(=O)(=O)C2)C1=O. The van der Waals surface area contributed by atoms with Crippen LogP contribution in [-0.2, 0) is 19.4 Å². The first-order chi connectivity index (χ1) is 9.35. The van der Waals surface area contributed by atoms with Crippen molar-refractivity contribution in [3.05, 3.63) is 0 Å². The molecular weight excluding hydrogens is 280 g/mol. The van der Waals surface area contributed by atoms with Crippen molar-refractivity contribution in [1.82, 2.24) is 10.2 Å². The summed E-state index contributed by atoms with van der Waals surface area (Å²) < 4.78 is 23.5. The van der Waals surface area contributed by atoms with Gasteiger partial charge in [-0.25, -0.2) is 8.42 Å². The van der Waals surface area contributed by atoms with E-state index in [1.54, 1.807) is 6.92 Å². The van der Waals surface area contributed by atoms with Gasteiger partial charge in [0.25, 0.3) is 0 Å². The first kappa shape index (κ1) is 15.3. The lowest BCUT2D eigenvalue weighted by Gasteiger charge is -2.43. The standard InChI is InChI=1S/C13H22N2O4S/c1-3-5-11-13(17)15(9(2)12(16)14-11)10-6-4-7-20(18,19)8-10/h9-11H,3-8H2,1-2H3,(H,14,16). The molecule has 2 heterocycles. The zero-order valence-corrected chi connectivity index (χ0v) is 12.8. The Morgan fingerprint density at radius 2 is 2.05 bits per heavy atom. The number of hydrogen-bond donors (Lipinski definition) is 1. The van der Waals surface area contributed by atoms with Crippen LogP contribution in [0.25, 0.3) is 0 Å². The Hall–Kier alpha value is -1.11. The molecule has 0 aromatic carbocycles. The van der Waals surface area contributed by atoms with Crippen LogP contribution >= 0.6 is 0 Å². The van der Waals surface area contributed by atoms with E-state index in [0.717, 1.165) is 6.42 Å². The average molecular weight is 302 g/mol. The van der Waals surface area contributed by atoms with Gasteiger partial charge in [0, 0.05) is 6.04 Å². The Morgan fingerprint density at radius 1 is 1.35 bits per heavy atom. The number of nitrogens with zero attached hydrogens (tertiary/aromatic N) is 1. The quantitative estimate of drug-likeness (QED) is 0.800. The minimum Gasteiger partial charge on any atom is -0.343 e. The molecule has 2 saturated heterocycles. The van der Waals surface area contributed by atoms with Crippen LogP contribution in [0.5, 0.6) is 0 Å². The molecule has 6 nitrogen and oxygen atoms in total. The highest BCUT2D eigenvalue weighted by Gasteiger charge is 2.43. The summed E-state index contributed by atoms with van der Waals surface area (Å²) in [5, 5.41) is 2.73. The molecule has 2 aliphatic rings. The molecule has 1 N–H and O–H groups in total. The number of hydrogen-bond acceptors (Lipinski definition) is 4. The van der Waals surface area contributed by atoms with Crippen LogP contribution in [0.2, 0.25) is 0 Å². The molecule has 3 unspecified atom stereocenters. The van der Waals surface area contributed by atoms with Crippen molar-refractivity contribution in [1.29, 1.82) is 0 Å². The minimum absolute atomic E-state index is 0.0186. The molecule has 0 aliphatic carbocycles. The summed E-state index contributed by atoms with van der Waals surface area (Å²) in [6.45, 7) is 3.61. The summed E-state index contributed by atoms with van der Waals surface area (Å²) in [5.74, 6) is -0.160. The second-order valence-corrected chi connectivity index (χ2v) is 7.91. The molecule has 2 amide bonds. The smallest absolute Gasteiger partial charge is 0.246 e. The van der Waals surface area contributed by atoms with Crippen molar-refractivity contribution in [2.24, 2.45) is 0 Å². The van der Waals surface area contributed by atoms with Crippen LogP contribution in [0, 0.1) is 0 Å². The number of rotatable bonds is 3. The lowest BCUT2D eigenvalue weighted by molar-refractivity contribution is -0.151. The van der Waals surface area contributed by atoms with Gasteiger partial charge >= 0.3 is 0 Å². The summed E-state index contributed by atoms with van der Waals surface area (Å²) in [4.78, 5) is 26.0. The van der Waals surface area contributed by atoms with Crippen molar-refractivity contribution in [2.75, 3.05) is 11.5 Å². The Labute approximate surface area is 119 Å². The zero-order valence-electron chi connectivity index (χ0n) is 12.0. The summed E-state index contributed by atoms with van der Waals surface area (Å²) in [6.07, 6.45) is 2.60. The maximum Gasteiger partial charge on any atom is 0.246 e. The summed E-state index contributed by atoms with van der Waals surface area (Å²) in [6, 6.07) is -1.45. The van der Waals surface area contributed by atoms with E-state index in [0.29, 0.717) is 19.3 Å². The monoisotopic (exact) mass is 302 g/mol. The number of carbonyl (C=O) groups excluding carboxylic acids is 2. The van der Waals surface area contributed by atoms with Crippen LogP contribution < -0.4 is 5.32 Å². The molecule has 0 saturated carbocycles. The minimum atomic E-state index is -3.10. The molecule has 0 bridgehead atoms. The van der Waals surface area contributed by atoms with Crippen LogP contribution in [-0.4, -0.2) is 54.8 Å². The number of carbonyl (C=O) groups is 2. The van der Waals surface area contributed by atoms with Gasteiger partial charge < -0.3 is 10.2 Å². The van der Waals surface area contributed by atoms with E-state index in [4.69, 9.17) is 0 Å². The molecule has 2 fully saturated rings. The normalized spacial score (nSPS) is 33.9. The van der Waals surface area contributed by atoms with Gasteiger partial charge in [-0.1, -0.05) is 13.3 Å². The van der Waals surface area contributed by atoms with Crippen LogP contribution in [0.1, 0.15) is 39.5 Å². The lowest BCUT2D eigenvalue weighted by Crippen LogP contribution is -2.66. The summed E-state index contributed by atoms with van der Waals surface area (Å²) in [5.41, 5.74) is 0. The highest BCUT2D eigenvalue weighted by Crippen LogP contribution is 2.23. The van der Waals surface area contributed by atoms with Crippen LogP contribution in [0.3, 0.4) is 0 Å². The number of nitrogens with one attached hydrogen (secondary N) is 1. The van der Waals surface area contributed by atoms with Crippen molar-refractivity contribution < 1.29 is 18.0 Å². The van der Waals surface area contributed by atoms with Crippen molar-refractivity contribution in [3.63, 3.8) is 0 Å². The molecule has 0 aromatic heterocycles. The van der Waals surface area contributed by atoms with E-state index in [2.05, 4.69) is 5.32 Å². The summed E-state index contributed by atoms with van der Waals surface area (Å²) >= 11 is 0. The van der Waals surface area contributed by atoms with E-state index in [-0.39, 0.29) is 29.4 Å². The van der Waals surface area contributed by atoms with Gasteiger partial charge in [0.15, 0.2) is 9.84 Å². The Balaban J connectivity index is 2.22. The molecule has 0 spiro atoms. The van der Waals surface area contributed by atoms with E-state index in [9.17, 15) is 18.0 Å². The maximum absolute atomic E-state index is 12.5. The second-order valence-electron chi connectivity index (χ2n) is 5.68. The van der Waals surface area contributed by atoms with E-state index in [1.165, 1.54) is 4.90 Å². The van der Waals surface area contributed by atoms with Gasteiger partial charge in [-0.3, -0.25) is 9.59 Å².